The highest BCUT2D eigenvalue weighted by Crippen LogP contribution is 2.32. The smallest absolute Gasteiger partial charge is 0.404 e. The van der Waals surface area contributed by atoms with Gasteiger partial charge in [-0.15, -0.1) is 13.2 Å². The number of nitrogens with zero attached hydrogens (tertiary/aromatic N) is 1. The molecule has 0 fully saturated rings. The molecule has 0 radical (unpaired) electrons. The summed E-state index contributed by atoms with van der Waals surface area (Å²) in [7, 11) is 0. The first-order valence-electron chi connectivity index (χ1n) is 3.17. The molecule has 78 valence electrons. The molecule has 0 bridgehead atoms. The van der Waals surface area contributed by atoms with E-state index in [1.165, 1.54) is 0 Å². The second-order valence-corrected chi connectivity index (χ2v) is 3.66. The van der Waals surface area contributed by atoms with E-state index >= 15 is 0 Å². The average Bonchev–Trinajstić information content (AvgIpc) is 1.96. The van der Waals surface area contributed by atoms with E-state index < -0.39 is 12.1 Å². The van der Waals surface area contributed by atoms with Crippen LogP contribution in [0.1, 0.15) is 0 Å². The van der Waals surface area contributed by atoms with Crippen LogP contribution in [0.2, 0.25) is 5.15 Å². The molecule has 1 heterocycles. The average molecular weight is 338 g/mol. The molecule has 3 nitrogen and oxygen atoms in total. The summed E-state index contributed by atoms with van der Waals surface area (Å²) >= 11 is 7.00. The molecule has 1 rings (SSSR count). The first-order valence-corrected chi connectivity index (χ1v) is 4.62. The lowest BCUT2D eigenvalue weighted by Gasteiger charge is -2.11. The van der Waals surface area contributed by atoms with Crippen LogP contribution in [0.5, 0.6) is 5.75 Å². The molecule has 2 N–H and O–H groups in total. The van der Waals surface area contributed by atoms with Gasteiger partial charge in [0.25, 0.3) is 0 Å². The van der Waals surface area contributed by atoms with Crippen LogP contribution in [0.15, 0.2) is 6.07 Å². The van der Waals surface area contributed by atoms with Crippen molar-refractivity contribution >= 4 is 40.0 Å². The molecule has 0 amide bonds. The van der Waals surface area contributed by atoms with Crippen molar-refractivity contribution in [2.45, 2.75) is 6.36 Å². The highest BCUT2D eigenvalue weighted by Gasteiger charge is 2.32. The van der Waals surface area contributed by atoms with Crippen molar-refractivity contribution in [3.8, 4) is 5.75 Å². The van der Waals surface area contributed by atoms with Crippen LogP contribution < -0.4 is 10.5 Å². The number of hydrogen-bond acceptors (Lipinski definition) is 3. The van der Waals surface area contributed by atoms with Crippen LogP contribution in [0.25, 0.3) is 0 Å². The second kappa shape index (κ2) is 3.97. The SMILES string of the molecule is Nc1nc(Cl)cc(OC(F)(F)F)c1I. The summed E-state index contributed by atoms with van der Waals surface area (Å²) < 4.78 is 39.3. The first-order chi connectivity index (χ1) is 6.29. The summed E-state index contributed by atoms with van der Waals surface area (Å²) in [6, 6.07) is 0.952. The maximum absolute atomic E-state index is 11.9. The Bertz CT molecular complexity index is 358. The normalized spacial score (nSPS) is 11.5. The number of alkyl halides is 3. The van der Waals surface area contributed by atoms with E-state index in [0.717, 1.165) is 6.07 Å². The van der Waals surface area contributed by atoms with E-state index in [4.69, 9.17) is 17.3 Å². The zero-order valence-corrected chi connectivity index (χ0v) is 9.31. The zero-order valence-electron chi connectivity index (χ0n) is 6.40. The van der Waals surface area contributed by atoms with Crippen molar-refractivity contribution < 1.29 is 17.9 Å². The van der Waals surface area contributed by atoms with Crippen LogP contribution in [0.4, 0.5) is 19.0 Å². The van der Waals surface area contributed by atoms with Gasteiger partial charge in [-0.3, -0.25) is 0 Å². The number of pyridine rings is 1. The minimum absolute atomic E-state index is 0.0734. The molecule has 1 aromatic heterocycles. The predicted molar refractivity (Wildman–Crippen MR) is 53.1 cm³/mol. The lowest BCUT2D eigenvalue weighted by Crippen LogP contribution is -2.18. The van der Waals surface area contributed by atoms with Gasteiger partial charge < -0.3 is 10.5 Å². The Labute approximate surface area is 95.5 Å². The van der Waals surface area contributed by atoms with Gasteiger partial charge in [-0.05, 0) is 22.6 Å². The molecule has 8 heteroatoms. The van der Waals surface area contributed by atoms with Crippen molar-refractivity contribution in [1.29, 1.82) is 0 Å². The highest BCUT2D eigenvalue weighted by atomic mass is 127. The maximum Gasteiger partial charge on any atom is 0.573 e. The number of nitrogens with two attached hydrogens (primary N) is 1. The summed E-state index contributed by atoms with van der Waals surface area (Å²) in [5.41, 5.74) is 5.29. The number of rotatable bonds is 1. The number of aromatic nitrogens is 1. The van der Waals surface area contributed by atoms with Crippen LogP contribution in [0, 0.1) is 3.57 Å². The molecule has 0 saturated heterocycles. The van der Waals surface area contributed by atoms with Crippen molar-refractivity contribution in [3.05, 3.63) is 14.8 Å². The van der Waals surface area contributed by atoms with Gasteiger partial charge in [0.2, 0.25) is 0 Å². The monoisotopic (exact) mass is 338 g/mol. The lowest BCUT2D eigenvalue weighted by atomic mass is 10.4. The molecule has 0 spiro atoms. The Kier molecular flexibility index (Phi) is 3.30. The van der Waals surface area contributed by atoms with E-state index in [1.807, 2.05) is 0 Å². The number of hydrogen-bond donors (Lipinski definition) is 1. The number of halogens is 5. The van der Waals surface area contributed by atoms with Gasteiger partial charge in [-0.1, -0.05) is 11.6 Å². The molecule has 0 unspecified atom stereocenters. The van der Waals surface area contributed by atoms with Crippen molar-refractivity contribution in [3.63, 3.8) is 0 Å². The van der Waals surface area contributed by atoms with Gasteiger partial charge >= 0.3 is 6.36 Å². The number of ether oxygens (including phenoxy) is 1. The summed E-state index contributed by atoms with van der Waals surface area (Å²) in [4.78, 5) is 3.55. The lowest BCUT2D eigenvalue weighted by molar-refractivity contribution is -0.274. The van der Waals surface area contributed by atoms with Gasteiger partial charge in [0.05, 0.1) is 3.57 Å². The molecule has 0 aliphatic carbocycles. The third-order valence-electron chi connectivity index (χ3n) is 1.14. The van der Waals surface area contributed by atoms with E-state index in [-0.39, 0.29) is 14.5 Å². The summed E-state index contributed by atoms with van der Waals surface area (Å²) in [6.45, 7) is 0. The topological polar surface area (TPSA) is 48.1 Å². The van der Waals surface area contributed by atoms with Gasteiger partial charge in [0.1, 0.15) is 16.7 Å². The number of nitrogen functional groups attached to an aromatic ring is 1. The molecular formula is C6H3ClF3IN2O. The van der Waals surface area contributed by atoms with E-state index in [1.54, 1.807) is 22.6 Å². The Morgan fingerprint density at radius 1 is 1.50 bits per heavy atom. The van der Waals surface area contributed by atoms with Gasteiger partial charge in [0, 0.05) is 6.07 Å². The van der Waals surface area contributed by atoms with Crippen LogP contribution in [0.3, 0.4) is 0 Å². The Balaban J connectivity index is 3.09. The third kappa shape index (κ3) is 3.05. The minimum atomic E-state index is -4.77. The first kappa shape index (κ1) is 11.6. The molecule has 0 atom stereocenters. The molecule has 0 saturated carbocycles. The zero-order chi connectivity index (χ0) is 10.9. The summed E-state index contributed by atoms with van der Waals surface area (Å²) in [5.74, 6) is -0.548. The molecule has 1 aromatic rings. The van der Waals surface area contributed by atoms with Crippen molar-refractivity contribution in [1.82, 2.24) is 4.98 Å². The fourth-order valence-corrected chi connectivity index (χ4v) is 1.27. The van der Waals surface area contributed by atoms with E-state index in [2.05, 4.69) is 9.72 Å². The Hall–Kier alpha value is -0.440. The van der Waals surface area contributed by atoms with Crippen LogP contribution >= 0.6 is 34.2 Å². The largest absolute Gasteiger partial charge is 0.573 e. The van der Waals surface area contributed by atoms with Gasteiger partial charge in [-0.25, -0.2) is 4.98 Å². The quantitative estimate of drug-likeness (QED) is 0.633. The molecule has 0 aliphatic rings. The molecular weight excluding hydrogens is 335 g/mol. The molecule has 0 aromatic carbocycles. The fraction of sp³-hybridized carbons (Fsp3) is 0.167. The van der Waals surface area contributed by atoms with Gasteiger partial charge in [-0.2, -0.15) is 0 Å². The third-order valence-corrected chi connectivity index (χ3v) is 2.42. The maximum atomic E-state index is 11.9. The predicted octanol–water partition coefficient (Wildman–Crippen LogP) is 2.82. The van der Waals surface area contributed by atoms with E-state index in [9.17, 15) is 13.2 Å². The number of anilines is 1. The van der Waals surface area contributed by atoms with Crippen molar-refractivity contribution in [2.75, 3.05) is 5.73 Å². The summed E-state index contributed by atoms with van der Waals surface area (Å²) in [5, 5.41) is -0.151. The molecule has 0 aliphatic heterocycles. The molecule has 14 heavy (non-hydrogen) atoms. The van der Waals surface area contributed by atoms with Crippen LogP contribution in [-0.2, 0) is 0 Å². The van der Waals surface area contributed by atoms with E-state index in [0.29, 0.717) is 0 Å². The van der Waals surface area contributed by atoms with Gasteiger partial charge in [0.15, 0.2) is 0 Å². The highest BCUT2D eigenvalue weighted by molar-refractivity contribution is 14.1. The standard InChI is InChI=1S/C6H3ClF3IN2O/c7-3-1-2(14-6(8,9)10)4(11)5(12)13-3/h1H,(H2,12,13). The second-order valence-electron chi connectivity index (χ2n) is 2.19. The fourth-order valence-electron chi connectivity index (χ4n) is 0.693. The Morgan fingerprint density at radius 3 is 2.57 bits per heavy atom. The minimum Gasteiger partial charge on any atom is -0.404 e. The summed E-state index contributed by atoms with van der Waals surface area (Å²) in [6.07, 6.45) is -4.77. The van der Waals surface area contributed by atoms with Crippen molar-refractivity contribution in [2.24, 2.45) is 0 Å². The Morgan fingerprint density at radius 2 is 2.07 bits per heavy atom. The van der Waals surface area contributed by atoms with Crippen LogP contribution in [-0.4, -0.2) is 11.3 Å².